The van der Waals surface area contributed by atoms with Gasteiger partial charge in [0.25, 0.3) is 0 Å². The first kappa shape index (κ1) is 7.86. The molecule has 3 heteroatoms. The van der Waals surface area contributed by atoms with Gasteiger partial charge < -0.3 is 4.84 Å². The van der Waals surface area contributed by atoms with Crippen molar-refractivity contribution in [2.75, 3.05) is 7.11 Å². The summed E-state index contributed by atoms with van der Waals surface area (Å²) in [6, 6.07) is 7.38. The van der Waals surface area contributed by atoms with Crippen LogP contribution in [0.3, 0.4) is 0 Å². The van der Waals surface area contributed by atoms with E-state index in [2.05, 4.69) is 9.99 Å². The van der Waals surface area contributed by atoms with E-state index in [9.17, 15) is 0 Å². The van der Waals surface area contributed by atoms with Crippen LogP contribution < -0.4 is 5.46 Å². The van der Waals surface area contributed by atoms with Crippen LogP contribution in [0.4, 0.5) is 0 Å². The van der Waals surface area contributed by atoms with Gasteiger partial charge in [0, 0.05) is 0 Å². The molecule has 0 unspecified atom stereocenters. The van der Waals surface area contributed by atoms with Crippen LogP contribution in [-0.4, -0.2) is 21.2 Å². The van der Waals surface area contributed by atoms with Gasteiger partial charge in [0.15, 0.2) is 0 Å². The third-order valence-electron chi connectivity index (χ3n) is 1.24. The Morgan fingerprint density at radius 2 is 2.00 bits per heavy atom. The largest absolute Gasteiger partial charge is 0.399 e. The summed E-state index contributed by atoms with van der Waals surface area (Å²) in [4.78, 5) is 4.51. The molecule has 2 nitrogen and oxygen atoms in total. The van der Waals surface area contributed by atoms with Crippen LogP contribution in [0.2, 0.25) is 0 Å². The third kappa shape index (κ3) is 2.46. The summed E-state index contributed by atoms with van der Waals surface area (Å²) < 4.78 is 0. The fourth-order valence-electron chi connectivity index (χ4n) is 0.696. The Kier molecular flexibility index (Phi) is 2.72. The Morgan fingerprint density at radius 3 is 2.55 bits per heavy atom. The molecule has 11 heavy (non-hydrogen) atoms. The van der Waals surface area contributed by atoms with E-state index >= 15 is 0 Å². The number of benzene rings is 1. The molecule has 1 rings (SSSR count). The monoisotopic (exact) mass is 145 g/mol. The third-order valence-corrected chi connectivity index (χ3v) is 1.24. The molecule has 0 fully saturated rings. The lowest BCUT2D eigenvalue weighted by atomic mass is 9.96. The van der Waals surface area contributed by atoms with Gasteiger partial charge in [0.05, 0.1) is 6.21 Å². The normalized spacial score (nSPS) is 10.3. The van der Waals surface area contributed by atoms with Gasteiger partial charge in [-0.3, -0.25) is 0 Å². The van der Waals surface area contributed by atoms with Crippen LogP contribution in [0.5, 0.6) is 0 Å². The summed E-state index contributed by atoms with van der Waals surface area (Å²) in [6.45, 7) is 0. The van der Waals surface area contributed by atoms with Gasteiger partial charge in [-0.05, 0) is 5.56 Å². The molecule has 1 aromatic carbocycles. The molecule has 0 amide bonds. The highest BCUT2D eigenvalue weighted by Gasteiger charge is 1.85. The first-order valence-electron chi connectivity index (χ1n) is 3.25. The maximum atomic E-state index is 5.48. The maximum Gasteiger partial charge on any atom is 0.113 e. The zero-order valence-electron chi connectivity index (χ0n) is 6.32. The van der Waals surface area contributed by atoms with E-state index in [1.165, 1.54) is 7.11 Å². The van der Waals surface area contributed by atoms with Crippen LogP contribution >= 0.6 is 0 Å². The summed E-state index contributed by atoms with van der Waals surface area (Å²) in [5.41, 5.74) is 1.72. The summed E-state index contributed by atoms with van der Waals surface area (Å²) in [5, 5.41) is 3.61. The molecule has 0 bridgehead atoms. The molecule has 0 aromatic heterocycles. The molecule has 0 heterocycles. The van der Waals surface area contributed by atoms with E-state index in [0.29, 0.717) is 0 Å². The van der Waals surface area contributed by atoms with Crippen LogP contribution in [0, 0.1) is 0 Å². The van der Waals surface area contributed by atoms with Crippen LogP contribution in [0.15, 0.2) is 29.4 Å². The molecule has 0 saturated carbocycles. The average Bonchev–Trinajstić information content (AvgIpc) is 2.04. The van der Waals surface area contributed by atoms with Crippen molar-refractivity contribution in [1.82, 2.24) is 0 Å². The summed E-state index contributed by atoms with van der Waals surface area (Å²) in [7, 11) is 6.99. The minimum absolute atomic E-state index is 0.750. The predicted octanol–water partition coefficient (Wildman–Crippen LogP) is 0.461. The molecular formula is C8H8BNO. The lowest BCUT2D eigenvalue weighted by molar-refractivity contribution is 0.215. The van der Waals surface area contributed by atoms with Crippen molar-refractivity contribution < 1.29 is 4.84 Å². The van der Waals surface area contributed by atoms with Gasteiger partial charge in [0.2, 0.25) is 0 Å². The zero-order valence-corrected chi connectivity index (χ0v) is 6.32. The Morgan fingerprint density at radius 1 is 1.36 bits per heavy atom. The summed E-state index contributed by atoms with van der Waals surface area (Å²) in [6.07, 6.45) is 1.62. The first-order chi connectivity index (χ1) is 5.33. The molecule has 0 atom stereocenters. The van der Waals surface area contributed by atoms with Crippen LogP contribution in [0.25, 0.3) is 0 Å². The lowest BCUT2D eigenvalue weighted by Gasteiger charge is -1.92. The molecule has 0 spiro atoms. The summed E-state index contributed by atoms with van der Waals surface area (Å²) in [5.74, 6) is 0. The maximum absolute atomic E-state index is 5.48. The standard InChI is InChI=1S/C8H8BNO/c1-11-10-6-7-2-4-8(9)5-3-7/h2-6H,1H3. The first-order valence-corrected chi connectivity index (χ1v) is 3.25. The minimum atomic E-state index is 0.750. The Bertz CT molecular complexity index is 243. The molecule has 2 radical (unpaired) electrons. The van der Waals surface area contributed by atoms with Crippen molar-refractivity contribution in [2.24, 2.45) is 5.16 Å². The molecule has 0 aliphatic heterocycles. The highest BCUT2D eigenvalue weighted by atomic mass is 16.6. The quantitative estimate of drug-likeness (QED) is 0.336. The summed E-state index contributed by atoms with van der Waals surface area (Å²) >= 11 is 0. The molecule has 54 valence electrons. The van der Waals surface area contributed by atoms with Gasteiger partial charge >= 0.3 is 0 Å². The van der Waals surface area contributed by atoms with E-state index in [4.69, 9.17) is 7.85 Å². The van der Waals surface area contributed by atoms with Gasteiger partial charge in [-0.25, -0.2) is 0 Å². The predicted molar refractivity (Wildman–Crippen MR) is 46.4 cm³/mol. The van der Waals surface area contributed by atoms with Gasteiger partial charge in [-0.15, -0.1) is 0 Å². The fourth-order valence-corrected chi connectivity index (χ4v) is 0.696. The number of nitrogens with zero attached hydrogens (tertiary/aromatic N) is 1. The van der Waals surface area contributed by atoms with Crippen molar-refractivity contribution in [2.45, 2.75) is 0 Å². The van der Waals surface area contributed by atoms with Gasteiger partial charge in [-0.2, -0.15) is 0 Å². The fraction of sp³-hybridized carbons (Fsp3) is 0.125. The average molecular weight is 145 g/mol. The second-order valence-corrected chi connectivity index (χ2v) is 2.08. The second-order valence-electron chi connectivity index (χ2n) is 2.08. The molecule has 0 aliphatic carbocycles. The number of hydrogen-bond donors (Lipinski definition) is 0. The van der Waals surface area contributed by atoms with Crippen molar-refractivity contribution in [3.63, 3.8) is 0 Å². The lowest BCUT2D eigenvalue weighted by Crippen LogP contribution is -2.00. The van der Waals surface area contributed by atoms with Crippen LogP contribution in [-0.2, 0) is 4.84 Å². The second kappa shape index (κ2) is 3.81. The molecule has 0 N–H and O–H groups in total. The number of hydrogen-bond acceptors (Lipinski definition) is 2. The van der Waals surface area contributed by atoms with Crippen molar-refractivity contribution in [3.05, 3.63) is 29.8 Å². The van der Waals surface area contributed by atoms with E-state index in [1.54, 1.807) is 6.21 Å². The number of rotatable bonds is 2. The topological polar surface area (TPSA) is 21.6 Å². The minimum Gasteiger partial charge on any atom is -0.399 e. The van der Waals surface area contributed by atoms with Gasteiger partial charge in [-0.1, -0.05) is 34.9 Å². The molecule has 0 saturated heterocycles. The van der Waals surface area contributed by atoms with Gasteiger partial charge in [0.1, 0.15) is 15.0 Å². The number of oxime groups is 1. The molecule has 1 aromatic rings. The van der Waals surface area contributed by atoms with E-state index in [1.807, 2.05) is 24.3 Å². The smallest absolute Gasteiger partial charge is 0.113 e. The van der Waals surface area contributed by atoms with E-state index in [-0.39, 0.29) is 0 Å². The Hall–Kier alpha value is -1.25. The highest BCUT2D eigenvalue weighted by molar-refractivity contribution is 6.32. The van der Waals surface area contributed by atoms with Crippen molar-refractivity contribution in [3.8, 4) is 0 Å². The van der Waals surface area contributed by atoms with E-state index < -0.39 is 0 Å². The SMILES string of the molecule is [B]c1ccc(C=NOC)cc1. The molecular weight excluding hydrogens is 137 g/mol. The Balaban J connectivity index is 2.73. The van der Waals surface area contributed by atoms with Crippen LogP contribution in [0.1, 0.15) is 5.56 Å². The zero-order chi connectivity index (χ0) is 8.10. The molecule has 0 aliphatic rings. The Labute approximate surface area is 67.3 Å². The highest BCUT2D eigenvalue weighted by Crippen LogP contribution is 1.91. The van der Waals surface area contributed by atoms with Crippen molar-refractivity contribution >= 4 is 19.5 Å². The van der Waals surface area contributed by atoms with E-state index in [0.717, 1.165) is 11.0 Å². The van der Waals surface area contributed by atoms with Crippen molar-refractivity contribution in [1.29, 1.82) is 0 Å².